The molecule has 106 valence electrons. The van der Waals surface area contributed by atoms with Crippen molar-refractivity contribution in [1.82, 2.24) is 14.8 Å². The third-order valence-corrected chi connectivity index (χ3v) is 3.93. The number of carbonyl (C=O) groups excluding carboxylic acids is 1. The zero-order valence-corrected chi connectivity index (χ0v) is 12.7. The van der Waals surface area contributed by atoms with Crippen molar-refractivity contribution in [3.8, 4) is 0 Å². The van der Waals surface area contributed by atoms with Crippen molar-refractivity contribution in [3.63, 3.8) is 0 Å². The lowest BCUT2D eigenvalue weighted by Gasteiger charge is -2.30. The highest BCUT2D eigenvalue weighted by Gasteiger charge is 2.26. The fraction of sp³-hybridized carbons (Fsp3) is 0.667. The highest BCUT2D eigenvalue weighted by Crippen LogP contribution is 2.26. The van der Waals surface area contributed by atoms with Gasteiger partial charge in [-0.05, 0) is 31.0 Å². The molecule has 0 radical (unpaired) electrons. The normalized spacial score (nSPS) is 17.2. The number of hydrogen-bond acceptors (Lipinski definition) is 2. The Balaban J connectivity index is 2.16. The highest BCUT2D eigenvalue weighted by atomic mass is 16.2. The Hall–Kier alpha value is -1.29. The second-order valence-electron chi connectivity index (χ2n) is 6.43. The summed E-state index contributed by atoms with van der Waals surface area (Å²) in [6.07, 6.45) is 2.23. The van der Waals surface area contributed by atoms with Crippen LogP contribution in [0.5, 0.6) is 0 Å². The molecule has 0 unspecified atom stereocenters. The maximum Gasteiger partial charge on any atom is 0.239 e. The van der Waals surface area contributed by atoms with Crippen LogP contribution in [-0.4, -0.2) is 35.0 Å². The molecule has 0 saturated carbocycles. The van der Waals surface area contributed by atoms with Gasteiger partial charge in [0.25, 0.3) is 0 Å². The molecule has 1 atom stereocenters. The molecule has 19 heavy (non-hydrogen) atoms. The SMILES string of the molecule is CN[C@@H](C)C(=O)N1CCn2cc(C(C)(C)C)cc2C1. The van der Waals surface area contributed by atoms with Gasteiger partial charge >= 0.3 is 0 Å². The number of likely N-dealkylation sites (N-methyl/N-ethyl adjacent to an activating group) is 1. The molecule has 1 aliphatic rings. The largest absolute Gasteiger partial charge is 0.348 e. The maximum atomic E-state index is 12.2. The van der Waals surface area contributed by atoms with Crippen molar-refractivity contribution in [2.24, 2.45) is 0 Å². The van der Waals surface area contributed by atoms with Crippen LogP contribution < -0.4 is 5.32 Å². The van der Waals surface area contributed by atoms with Crippen molar-refractivity contribution in [1.29, 1.82) is 0 Å². The van der Waals surface area contributed by atoms with Gasteiger partial charge in [-0.15, -0.1) is 0 Å². The molecule has 1 aromatic rings. The number of aromatic nitrogens is 1. The van der Waals surface area contributed by atoms with Crippen LogP contribution in [0.25, 0.3) is 0 Å². The summed E-state index contributed by atoms with van der Waals surface area (Å²) in [5, 5.41) is 3.02. The lowest BCUT2D eigenvalue weighted by Crippen LogP contribution is -2.46. The Morgan fingerprint density at radius 3 is 2.63 bits per heavy atom. The van der Waals surface area contributed by atoms with E-state index in [-0.39, 0.29) is 17.4 Å². The van der Waals surface area contributed by atoms with E-state index < -0.39 is 0 Å². The molecule has 2 rings (SSSR count). The lowest BCUT2D eigenvalue weighted by molar-refractivity contribution is -0.134. The number of nitrogens with zero attached hydrogens (tertiary/aromatic N) is 2. The smallest absolute Gasteiger partial charge is 0.239 e. The summed E-state index contributed by atoms with van der Waals surface area (Å²) < 4.78 is 2.29. The van der Waals surface area contributed by atoms with Gasteiger partial charge in [-0.25, -0.2) is 0 Å². The van der Waals surface area contributed by atoms with Crippen LogP contribution in [-0.2, 0) is 23.3 Å². The second-order valence-corrected chi connectivity index (χ2v) is 6.43. The Labute approximate surface area is 115 Å². The lowest BCUT2D eigenvalue weighted by atomic mass is 9.89. The fourth-order valence-corrected chi connectivity index (χ4v) is 2.39. The number of rotatable bonds is 2. The average Bonchev–Trinajstić information content (AvgIpc) is 2.79. The van der Waals surface area contributed by atoms with Crippen molar-refractivity contribution < 1.29 is 4.79 Å². The Kier molecular flexibility index (Phi) is 3.72. The average molecular weight is 263 g/mol. The van der Waals surface area contributed by atoms with Gasteiger partial charge in [0, 0.05) is 25.0 Å². The summed E-state index contributed by atoms with van der Waals surface area (Å²) in [7, 11) is 1.83. The number of nitrogens with one attached hydrogen (secondary N) is 1. The van der Waals surface area contributed by atoms with Crippen LogP contribution in [0.2, 0.25) is 0 Å². The second kappa shape index (κ2) is 5.00. The molecule has 1 amide bonds. The molecule has 4 nitrogen and oxygen atoms in total. The van der Waals surface area contributed by atoms with Crippen LogP contribution in [0.3, 0.4) is 0 Å². The van der Waals surface area contributed by atoms with E-state index in [1.165, 1.54) is 11.3 Å². The number of hydrogen-bond donors (Lipinski definition) is 1. The standard InChI is InChI=1S/C15H25N3O/c1-11(16-5)14(19)18-7-6-17-9-12(15(2,3)4)8-13(17)10-18/h8-9,11,16H,6-7,10H2,1-5H3/t11-/m0/s1. The summed E-state index contributed by atoms with van der Waals surface area (Å²) >= 11 is 0. The Morgan fingerprint density at radius 2 is 2.05 bits per heavy atom. The Bertz CT molecular complexity index is 470. The van der Waals surface area contributed by atoms with Crippen LogP contribution >= 0.6 is 0 Å². The molecule has 0 fully saturated rings. The van der Waals surface area contributed by atoms with Crippen molar-refractivity contribution in [2.45, 2.75) is 52.2 Å². The van der Waals surface area contributed by atoms with Gasteiger partial charge in [-0.3, -0.25) is 4.79 Å². The molecule has 2 heterocycles. The third-order valence-electron chi connectivity index (χ3n) is 3.93. The van der Waals surface area contributed by atoms with E-state index in [4.69, 9.17) is 0 Å². The first-order valence-corrected chi connectivity index (χ1v) is 6.98. The number of fused-ring (bicyclic) bond motifs is 1. The van der Waals surface area contributed by atoms with Gasteiger partial charge in [0.2, 0.25) is 5.91 Å². The first-order valence-electron chi connectivity index (χ1n) is 6.98. The molecule has 1 N–H and O–H groups in total. The van der Waals surface area contributed by atoms with Crippen molar-refractivity contribution >= 4 is 5.91 Å². The van der Waals surface area contributed by atoms with Crippen LogP contribution in [0, 0.1) is 0 Å². The molecular weight excluding hydrogens is 238 g/mol. The number of amides is 1. The molecule has 0 saturated heterocycles. The zero-order valence-electron chi connectivity index (χ0n) is 12.7. The van der Waals surface area contributed by atoms with Crippen LogP contribution in [0.4, 0.5) is 0 Å². The molecule has 1 aliphatic heterocycles. The van der Waals surface area contributed by atoms with Crippen molar-refractivity contribution in [3.05, 3.63) is 23.5 Å². The monoisotopic (exact) mass is 263 g/mol. The molecular formula is C15H25N3O. The van der Waals surface area contributed by atoms with Gasteiger partial charge in [-0.1, -0.05) is 20.8 Å². The Morgan fingerprint density at radius 1 is 1.37 bits per heavy atom. The van der Waals surface area contributed by atoms with E-state index in [0.29, 0.717) is 0 Å². The van der Waals surface area contributed by atoms with Gasteiger partial charge in [0.15, 0.2) is 0 Å². The fourth-order valence-electron chi connectivity index (χ4n) is 2.39. The predicted molar refractivity (Wildman–Crippen MR) is 77.1 cm³/mol. The molecule has 0 bridgehead atoms. The molecule has 4 heteroatoms. The maximum absolute atomic E-state index is 12.2. The van der Waals surface area contributed by atoms with Gasteiger partial charge < -0.3 is 14.8 Å². The zero-order chi connectivity index (χ0) is 14.2. The third kappa shape index (κ3) is 2.84. The van der Waals surface area contributed by atoms with Gasteiger partial charge in [-0.2, -0.15) is 0 Å². The quantitative estimate of drug-likeness (QED) is 0.882. The van der Waals surface area contributed by atoms with Gasteiger partial charge in [0.1, 0.15) is 0 Å². The van der Waals surface area contributed by atoms with E-state index in [2.05, 4.69) is 42.9 Å². The minimum atomic E-state index is -0.108. The summed E-state index contributed by atoms with van der Waals surface area (Å²) in [5.74, 6) is 0.187. The molecule has 0 aliphatic carbocycles. The minimum Gasteiger partial charge on any atom is -0.348 e. The molecule has 0 aromatic carbocycles. The summed E-state index contributed by atoms with van der Waals surface area (Å²) in [4.78, 5) is 14.1. The predicted octanol–water partition coefficient (Wildman–Crippen LogP) is 1.74. The van der Waals surface area contributed by atoms with E-state index >= 15 is 0 Å². The van der Waals surface area contributed by atoms with E-state index in [1.807, 2.05) is 18.9 Å². The molecule has 0 spiro atoms. The number of carbonyl (C=O) groups is 1. The van der Waals surface area contributed by atoms with Crippen LogP contribution in [0.1, 0.15) is 39.0 Å². The first kappa shape index (κ1) is 14.1. The van der Waals surface area contributed by atoms with Crippen molar-refractivity contribution in [2.75, 3.05) is 13.6 Å². The molecule has 1 aromatic heterocycles. The minimum absolute atomic E-state index is 0.108. The summed E-state index contributed by atoms with van der Waals surface area (Å²) in [6, 6.07) is 2.13. The first-order chi connectivity index (χ1) is 8.82. The van der Waals surface area contributed by atoms with Crippen LogP contribution in [0.15, 0.2) is 12.3 Å². The van der Waals surface area contributed by atoms with E-state index in [1.54, 1.807) is 0 Å². The summed E-state index contributed by atoms with van der Waals surface area (Å²) in [6.45, 7) is 11.0. The van der Waals surface area contributed by atoms with E-state index in [0.717, 1.165) is 19.6 Å². The van der Waals surface area contributed by atoms with E-state index in [9.17, 15) is 4.79 Å². The topological polar surface area (TPSA) is 37.3 Å². The van der Waals surface area contributed by atoms with Gasteiger partial charge in [0.05, 0.1) is 12.6 Å². The highest BCUT2D eigenvalue weighted by molar-refractivity contribution is 5.81. The summed E-state index contributed by atoms with van der Waals surface area (Å²) in [5.41, 5.74) is 2.75.